The van der Waals surface area contributed by atoms with Gasteiger partial charge in [-0.15, -0.1) is 0 Å². The summed E-state index contributed by atoms with van der Waals surface area (Å²) in [7, 11) is 0. The molecule has 0 aliphatic carbocycles. The molecule has 5 nitrogen and oxygen atoms in total. The van der Waals surface area contributed by atoms with Crippen molar-refractivity contribution in [1.29, 1.82) is 0 Å². The predicted octanol–water partition coefficient (Wildman–Crippen LogP) is 3.23. The fourth-order valence-electron chi connectivity index (χ4n) is 2.92. The van der Waals surface area contributed by atoms with Gasteiger partial charge in [0.05, 0.1) is 6.61 Å². The Morgan fingerprint density at radius 2 is 1.87 bits per heavy atom. The third-order valence-electron chi connectivity index (χ3n) is 4.19. The Bertz CT molecular complexity index is 548. The minimum atomic E-state index is -1.07. The molecule has 1 saturated heterocycles. The molecule has 0 saturated carbocycles. The highest BCUT2D eigenvalue weighted by Gasteiger charge is 2.16. The molecule has 0 amide bonds. The molecule has 126 valence electrons. The molecule has 0 bridgehead atoms. The van der Waals surface area contributed by atoms with Crippen molar-refractivity contribution in [1.82, 2.24) is 4.90 Å². The second kappa shape index (κ2) is 8.67. The molecule has 1 aliphatic rings. The molecule has 1 aromatic carbocycles. The number of nitrogens with zero attached hydrogens (tertiary/aromatic N) is 1. The van der Waals surface area contributed by atoms with Gasteiger partial charge in [0.2, 0.25) is 0 Å². The maximum atomic E-state index is 12.4. The van der Waals surface area contributed by atoms with E-state index in [1.165, 1.54) is 31.7 Å². The van der Waals surface area contributed by atoms with Crippen LogP contribution in [0.4, 0.5) is 0 Å². The van der Waals surface area contributed by atoms with Crippen LogP contribution in [0, 0.1) is 0 Å². The summed E-state index contributed by atoms with van der Waals surface area (Å²) in [4.78, 5) is 26.0. The summed E-state index contributed by atoms with van der Waals surface area (Å²) in [5.74, 6) is -0.778. The summed E-state index contributed by atoms with van der Waals surface area (Å²) >= 11 is 0. The van der Waals surface area contributed by atoms with Gasteiger partial charge in [-0.05, 0) is 51.1 Å². The molecule has 0 spiro atoms. The van der Waals surface area contributed by atoms with E-state index in [-0.39, 0.29) is 11.3 Å². The first-order chi connectivity index (χ1) is 11.1. The van der Waals surface area contributed by atoms with Crippen molar-refractivity contribution in [2.75, 3.05) is 26.2 Å². The fraction of sp³-hybridized carbons (Fsp3) is 0.556. The molecular formula is C18H25NO4. The first-order valence-corrected chi connectivity index (χ1v) is 8.37. The lowest BCUT2D eigenvalue weighted by Crippen LogP contribution is -2.27. The SMILES string of the molecule is CCOc1ccc(C(=O)CCN2CCCCCC2)cc1C(=O)O. The molecule has 1 aliphatic heterocycles. The third kappa shape index (κ3) is 5.06. The van der Waals surface area contributed by atoms with Crippen molar-refractivity contribution >= 4 is 11.8 Å². The van der Waals surface area contributed by atoms with Crippen LogP contribution in [0.5, 0.6) is 5.75 Å². The van der Waals surface area contributed by atoms with Gasteiger partial charge in [0.15, 0.2) is 5.78 Å². The topological polar surface area (TPSA) is 66.8 Å². The molecule has 1 fully saturated rings. The molecule has 0 radical (unpaired) electrons. The Kier molecular flexibility index (Phi) is 6.59. The van der Waals surface area contributed by atoms with E-state index in [2.05, 4.69) is 4.90 Å². The number of likely N-dealkylation sites (tertiary alicyclic amines) is 1. The van der Waals surface area contributed by atoms with Gasteiger partial charge in [0, 0.05) is 18.5 Å². The number of rotatable bonds is 7. The average Bonchev–Trinajstić information content (AvgIpc) is 2.81. The van der Waals surface area contributed by atoms with Gasteiger partial charge in [-0.1, -0.05) is 12.8 Å². The summed E-state index contributed by atoms with van der Waals surface area (Å²) in [6.45, 7) is 5.04. The van der Waals surface area contributed by atoms with Crippen LogP contribution in [0.25, 0.3) is 0 Å². The number of benzene rings is 1. The van der Waals surface area contributed by atoms with Crippen molar-refractivity contribution in [2.24, 2.45) is 0 Å². The summed E-state index contributed by atoms with van der Waals surface area (Å²) in [6, 6.07) is 4.66. The van der Waals surface area contributed by atoms with Crippen LogP contribution in [0.3, 0.4) is 0 Å². The quantitative estimate of drug-likeness (QED) is 0.782. The third-order valence-corrected chi connectivity index (χ3v) is 4.19. The summed E-state index contributed by atoms with van der Waals surface area (Å²) < 4.78 is 5.30. The molecule has 0 atom stereocenters. The average molecular weight is 319 g/mol. The lowest BCUT2D eigenvalue weighted by atomic mass is 10.0. The van der Waals surface area contributed by atoms with Gasteiger partial charge in [0.1, 0.15) is 11.3 Å². The van der Waals surface area contributed by atoms with E-state index in [4.69, 9.17) is 4.74 Å². The fourth-order valence-corrected chi connectivity index (χ4v) is 2.92. The second-order valence-corrected chi connectivity index (χ2v) is 5.88. The maximum absolute atomic E-state index is 12.4. The minimum absolute atomic E-state index is 0.0141. The number of hydrogen-bond donors (Lipinski definition) is 1. The Labute approximate surface area is 137 Å². The molecule has 2 rings (SSSR count). The Hall–Kier alpha value is -1.88. The number of hydrogen-bond acceptors (Lipinski definition) is 4. The molecule has 1 N–H and O–H groups in total. The normalized spacial score (nSPS) is 15.9. The van der Waals surface area contributed by atoms with Crippen LogP contribution in [-0.4, -0.2) is 48.0 Å². The van der Waals surface area contributed by atoms with Crippen molar-refractivity contribution in [3.63, 3.8) is 0 Å². The zero-order valence-corrected chi connectivity index (χ0v) is 13.7. The van der Waals surface area contributed by atoms with Gasteiger partial charge >= 0.3 is 5.97 Å². The van der Waals surface area contributed by atoms with Crippen LogP contribution in [0.2, 0.25) is 0 Å². The standard InChI is InChI=1S/C18H25NO4/c1-2-23-17-8-7-14(13-15(17)18(21)22)16(20)9-12-19-10-5-3-4-6-11-19/h7-8,13H,2-6,9-12H2,1H3,(H,21,22). The van der Waals surface area contributed by atoms with Crippen LogP contribution in [-0.2, 0) is 0 Å². The number of ether oxygens (including phenoxy) is 1. The van der Waals surface area contributed by atoms with E-state index >= 15 is 0 Å². The molecule has 23 heavy (non-hydrogen) atoms. The predicted molar refractivity (Wildman–Crippen MR) is 88.4 cm³/mol. The van der Waals surface area contributed by atoms with Crippen LogP contribution < -0.4 is 4.74 Å². The number of ketones is 1. The van der Waals surface area contributed by atoms with Crippen LogP contribution >= 0.6 is 0 Å². The van der Waals surface area contributed by atoms with Crippen molar-refractivity contribution < 1.29 is 19.4 Å². The Morgan fingerprint density at radius 1 is 1.17 bits per heavy atom. The second-order valence-electron chi connectivity index (χ2n) is 5.88. The Morgan fingerprint density at radius 3 is 2.48 bits per heavy atom. The van der Waals surface area contributed by atoms with Crippen molar-refractivity contribution in [3.8, 4) is 5.75 Å². The molecule has 1 aromatic rings. The summed E-state index contributed by atoms with van der Waals surface area (Å²) in [5, 5.41) is 9.26. The molecule has 5 heteroatoms. The number of carbonyl (C=O) groups excluding carboxylic acids is 1. The van der Waals surface area contributed by atoms with Gasteiger partial charge in [-0.25, -0.2) is 4.79 Å². The van der Waals surface area contributed by atoms with E-state index in [0.717, 1.165) is 19.6 Å². The largest absolute Gasteiger partial charge is 0.493 e. The minimum Gasteiger partial charge on any atom is -0.493 e. The molecule has 0 aromatic heterocycles. The van der Waals surface area contributed by atoms with E-state index in [0.29, 0.717) is 24.3 Å². The number of carbonyl (C=O) groups is 2. The maximum Gasteiger partial charge on any atom is 0.339 e. The van der Waals surface area contributed by atoms with Crippen LogP contribution in [0.15, 0.2) is 18.2 Å². The highest BCUT2D eigenvalue weighted by atomic mass is 16.5. The summed E-state index contributed by atoms with van der Waals surface area (Å²) in [6.07, 6.45) is 5.35. The zero-order chi connectivity index (χ0) is 16.7. The van der Waals surface area contributed by atoms with Gasteiger partial charge in [-0.3, -0.25) is 4.79 Å². The zero-order valence-electron chi connectivity index (χ0n) is 13.7. The number of carboxylic acids is 1. The van der Waals surface area contributed by atoms with Crippen molar-refractivity contribution in [2.45, 2.75) is 39.0 Å². The number of aromatic carboxylic acids is 1. The molecular weight excluding hydrogens is 294 g/mol. The van der Waals surface area contributed by atoms with Gasteiger partial charge in [0.25, 0.3) is 0 Å². The van der Waals surface area contributed by atoms with E-state index in [1.54, 1.807) is 19.1 Å². The lowest BCUT2D eigenvalue weighted by Gasteiger charge is -2.19. The summed E-state index contributed by atoms with van der Waals surface area (Å²) in [5.41, 5.74) is 0.494. The van der Waals surface area contributed by atoms with E-state index in [1.807, 2.05) is 0 Å². The smallest absolute Gasteiger partial charge is 0.339 e. The Balaban J connectivity index is 2.00. The highest BCUT2D eigenvalue weighted by molar-refractivity contribution is 6.00. The monoisotopic (exact) mass is 319 g/mol. The first kappa shape index (κ1) is 17.5. The van der Waals surface area contributed by atoms with Crippen LogP contribution in [0.1, 0.15) is 59.7 Å². The van der Waals surface area contributed by atoms with Crippen molar-refractivity contribution in [3.05, 3.63) is 29.3 Å². The molecule has 0 unspecified atom stereocenters. The van der Waals surface area contributed by atoms with Gasteiger partial charge < -0.3 is 14.7 Å². The first-order valence-electron chi connectivity index (χ1n) is 8.37. The van der Waals surface area contributed by atoms with Gasteiger partial charge in [-0.2, -0.15) is 0 Å². The van der Waals surface area contributed by atoms with E-state index < -0.39 is 5.97 Å². The van der Waals surface area contributed by atoms with E-state index in [9.17, 15) is 14.7 Å². The number of Topliss-reactive ketones (excluding diaryl/α,β-unsaturated/α-hetero) is 1. The lowest BCUT2D eigenvalue weighted by molar-refractivity contribution is 0.0692. The highest BCUT2D eigenvalue weighted by Crippen LogP contribution is 2.21. The molecule has 1 heterocycles. The number of carboxylic acid groups (broad SMARTS) is 1.